The van der Waals surface area contributed by atoms with Gasteiger partial charge < -0.3 is 10.2 Å². The fourth-order valence-electron chi connectivity index (χ4n) is 3.49. The monoisotopic (exact) mass is 431 g/mol. The third-order valence-electron chi connectivity index (χ3n) is 5.06. The van der Waals surface area contributed by atoms with Crippen molar-refractivity contribution in [2.75, 3.05) is 24.5 Å². The number of anilines is 1. The number of amides is 1. The summed E-state index contributed by atoms with van der Waals surface area (Å²) in [5.74, 6) is 0.162. The highest BCUT2D eigenvalue weighted by Gasteiger charge is 2.22. The van der Waals surface area contributed by atoms with E-state index in [4.69, 9.17) is 11.6 Å². The van der Waals surface area contributed by atoms with E-state index in [2.05, 4.69) is 27.2 Å². The summed E-state index contributed by atoms with van der Waals surface area (Å²) in [6.07, 6.45) is 4.31. The maximum Gasteiger partial charge on any atom is 0.288 e. The highest BCUT2D eigenvalue weighted by Crippen LogP contribution is 2.26. The summed E-state index contributed by atoms with van der Waals surface area (Å²) in [4.78, 5) is 32.2. The van der Waals surface area contributed by atoms with Gasteiger partial charge in [0.1, 0.15) is 5.56 Å². The molecule has 0 spiro atoms. The average Bonchev–Trinajstić information content (AvgIpc) is 3.15. The first-order valence-corrected chi connectivity index (χ1v) is 10.9. The van der Waals surface area contributed by atoms with Crippen molar-refractivity contribution in [2.24, 2.45) is 5.92 Å². The lowest BCUT2D eigenvalue weighted by molar-refractivity contribution is 0.0952. The molecule has 4 rings (SSSR count). The van der Waals surface area contributed by atoms with Crippen LogP contribution in [0.1, 0.15) is 35.7 Å². The summed E-state index contributed by atoms with van der Waals surface area (Å²) in [7, 11) is 0. The highest BCUT2D eigenvalue weighted by atomic mass is 35.5. The van der Waals surface area contributed by atoms with E-state index < -0.39 is 11.5 Å². The van der Waals surface area contributed by atoms with Gasteiger partial charge in [0, 0.05) is 30.9 Å². The van der Waals surface area contributed by atoms with Gasteiger partial charge >= 0.3 is 0 Å². The van der Waals surface area contributed by atoms with E-state index in [-0.39, 0.29) is 5.56 Å². The molecule has 29 heavy (non-hydrogen) atoms. The number of nitrogens with one attached hydrogen (secondary N) is 1. The molecule has 1 aliphatic rings. The van der Waals surface area contributed by atoms with Crippen LogP contribution in [0.4, 0.5) is 5.13 Å². The molecule has 1 aliphatic heterocycles. The Morgan fingerprint density at radius 2 is 2.14 bits per heavy atom. The Kier molecular flexibility index (Phi) is 5.82. The van der Waals surface area contributed by atoms with Crippen molar-refractivity contribution in [3.63, 3.8) is 0 Å². The van der Waals surface area contributed by atoms with Gasteiger partial charge in [-0.1, -0.05) is 42.0 Å². The number of halogens is 1. The van der Waals surface area contributed by atoms with Crippen LogP contribution >= 0.6 is 22.9 Å². The number of aromatic nitrogens is 3. The number of carbonyl (C=O) groups is 1. The third-order valence-corrected chi connectivity index (χ3v) is 6.30. The van der Waals surface area contributed by atoms with Gasteiger partial charge in [-0.15, -0.1) is 5.10 Å². The lowest BCUT2D eigenvalue weighted by Gasteiger charge is -2.30. The first-order valence-electron chi connectivity index (χ1n) is 9.68. The minimum absolute atomic E-state index is 0.00229. The molecule has 0 aliphatic carbocycles. The van der Waals surface area contributed by atoms with Crippen molar-refractivity contribution in [3.8, 4) is 0 Å². The van der Waals surface area contributed by atoms with Crippen LogP contribution in [0.15, 0.2) is 35.3 Å². The van der Waals surface area contributed by atoms with Crippen LogP contribution in [0.25, 0.3) is 4.96 Å². The number of rotatable bonds is 5. The van der Waals surface area contributed by atoms with Crippen molar-refractivity contribution in [1.82, 2.24) is 19.9 Å². The molecule has 2 aromatic heterocycles. The Labute approximate surface area is 177 Å². The van der Waals surface area contributed by atoms with Crippen LogP contribution in [0.3, 0.4) is 0 Å². The molecule has 1 amide bonds. The van der Waals surface area contributed by atoms with Crippen LogP contribution in [0, 0.1) is 5.92 Å². The van der Waals surface area contributed by atoms with Crippen LogP contribution in [-0.4, -0.2) is 40.1 Å². The molecule has 1 N–H and O–H groups in total. The van der Waals surface area contributed by atoms with Gasteiger partial charge in [0.25, 0.3) is 11.5 Å². The van der Waals surface area contributed by atoms with Crippen molar-refractivity contribution in [1.29, 1.82) is 0 Å². The molecule has 1 fully saturated rings. The largest absolute Gasteiger partial charge is 0.351 e. The van der Waals surface area contributed by atoms with Gasteiger partial charge in [0.05, 0.1) is 0 Å². The second-order valence-electron chi connectivity index (χ2n) is 7.38. The Bertz CT molecular complexity index is 1080. The molecule has 0 bridgehead atoms. The molecule has 0 unspecified atom stereocenters. The Hall–Kier alpha value is -2.45. The number of piperidine rings is 1. The molecule has 1 aromatic carbocycles. The van der Waals surface area contributed by atoms with Gasteiger partial charge in [-0.2, -0.15) is 4.52 Å². The van der Waals surface area contributed by atoms with Crippen LogP contribution in [-0.2, 0) is 6.42 Å². The predicted molar refractivity (Wildman–Crippen MR) is 115 cm³/mol. The van der Waals surface area contributed by atoms with Gasteiger partial charge in [-0.25, -0.2) is 4.98 Å². The Morgan fingerprint density at radius 1 is 1.34 bits per heavy atom. The van der Waals surface area contributed by atoms with E-state index in [0.717, 1.165) is 30.2 Å². The topological polar surface area (TPSA) is 79.6 Å². The SMILES string of the molecule is C[C@@H]1CCCN(c2nn3c(=O)c(C(=O)NCCc4ccc(Cl)cc4)cnc3s2)C1. The minimum Gasteiger partial charge on any atom is -0.351 e. The van der Waals surface area contributed by atoms with Gasteiger partial charge in [-0.05, 0) is 42.9 Å². The summed E-state index contributed by atoms with van der Waals surface area (Å²) in [5.41, 5.74) is 0.619. The number of carbonyl (C=O) groups excluding carboxylic acids is 1. The quantitative estimate of drug-likeness (QED) is 0.671. The minimum atomic E-state index is -0.438. The Morgan fingerprint density at radius 3 is 2.90 bits per heavy atom. The molecule has 0 radical (unpaired) electrons. The molecular weight excluding hydrogens is 410 g/mol. The third kappa shape index (κ3) is 4.43. The van der Waals surface area contributed by atoms with Gasteiger partial charge in [0.2, 0.25) is 10.1 Å². The molecule has 9 heteroatoms. The molecule has 3 heterocycles. The zero-order valence-electron chi connectivity index (χ0n) is 16.1. The average molecular weight is 432 g/mol. The maximum absolute atomic E-state index is 12.8. The fourth-order valence-corrected chi connectivity index (χ4v) is 4.51. The second kappa shape index (κ2) is 8.51. The van der Waals surface area contributed by atoms with Crippen molar-refractivity contribution >= 4 is 38.9 Å². The zero-order valence-corrected chi connectivity index (χ0v) is 17.7. The molecular formula is C20H22ClN5O2S. The Balaban J connectivity index is 1.47. The lowest BCUT2D eigenvalue weighted by atomic mass is 10.0. The number of hydrogen-bond acceptors (Lipinski definition) is 6. The predicted octanol–water partition coefficient (Wildman–Crippen LogP) is 3.01. The number of fused-ring (bicyclic) bond motifs is 1. The van der Waals surface area contributed by atoms with Crippen LogP contribution in [0.5, 0.6) is 0 Å². The van der Waals surface area contributed by atoms with E-state index in [0.29, 0.717) is 28.9 Å². The summed E-state index contributed by atoms with van der Waals surface area (Å²) < 4.78 is 1.24. The lowest BCUT2D eigenvalue weighted by Crippen LogP contribution is -2.35. The van der Waals surface area contributed by atoms with Gasteiger partial charge in [-0.3, -0.25) is 9.59 Å². The summed E-state index contributed by atoms with van der Waals surface area (Å²) in [5, 5.41) is 8.68. The normalized spacial score (nSPS) is 16.9. The smallest absolute Gasteiger partial charge is 0.288 e. The molecule has 7 nitrogen and oxygen atoms in total. The van der Waals surface area contributed by atoms with Crippen molar-refractivity contribution < 1.29 is 4.79 Å². The number of nitrogens with zero attached hydrogens (tertiary/aromatic N) is 4. The van der Waals surface area contributed by atoms with E-state index in [1.165, 1.54) is 28.5 Å². The molecule has 3 aromatic rings. The van der Waals surface area contributed by atoms with E-state index in [1.807, 2.05) is 24.3 Å². The standard InChI is InChI=1S/C20H22ClN5O2S/c1-13-3-2-10-25(12-13)20-24-26-18(28)16(11-23-19(26)29-20)17(27)22-9-8-14-4-6-15(21)7-5-14/h4-7,11,13H,2-3,8-10,12H2,1H3,(H,22,27)/t13-/m1/s1. The molecule has 1 atom stereocenters. The summed E-state index contributed by atoms with van der Waals surface area (Å²) >= 11 is 7.26. The molecule has 152 valence electrons. The molecule has 0 saturated carbocycles. The molecule has 1 saturated heterocycles. The van der Waals surface area contributed by atoms with E-state index in [1.54, 1.807) is 0 Å². The summed E-state index contributed by atoms with van der Waals surface area (Å²) in [6, 6.07) is 7.45. The van der Waals surface area contributed by atoms with Crippen LogP contribution in [0.2, 0.25) is 5.02 Å². The fraction of sp³-hybridized carbons (Fsp3) is 0.400. The van der Waals surface area contributed by atoms with Crippen LogP contribution < -0.4 is 15.8 Å². The second-order valence-corrected chi connectivity index (χ2v) is 8.75. The van der Waals surface area contributed by atoms with E-state index >= 15 is 0 Å². The van der Waals surface area contributed by atoms with Gasteiger partial charge in [0.15, 0.2) is 0 Å². The van der Waals surface area contributed by atoms with E-state index in [9.17, 15) is 9.59 Å². The van der Waals surface area contributed by atoms with Crippen molar-refractivity contribution in [3.05, 3.63) is 57.0 Å². The maximum atomic E-state index is 12.8. The highest BCUT2D eigenvalue weighted by molar-refractivity contribution is 7.20. The summed E-state index contributed by atoms with van der Waals surface area (Å²) in [6.45, 7) is 4.48. The zero-order chi connectivity index (χ0) is 20.4. The number of hydrogen-bond donors (Lipinski definition) is 1. The van der Waals surface area contributed by atoms with Crippen molar-refractivity contribution in [2.45, 2.75) is 26.2 Å². The first kappa shape index (κ1) is 19.8. The first-order chi connectivity index (χ1) is 14.0. The number of benzene rings is 1.